The third-order valence-corrected chi connectivity index (χ3v) is 5.22. The summed E-state index contributed by atoms with van der Waals surface area (Å²) >= 11 is 12.0. The molecule has 0 bridgehead atoms. The molecule has 0 heterocycles. The summed E-state index contributed by atoms with van der Waals surface area (Å²) in [5, 5.41) is -0.0124. The van der Waals surface area contributed by atoms with Crippen molar-refractivity contribution in [2.75, 3.05) is 11.8 Å². The van der Waals surface area contributed by atoms with Gasteiger partial charge in [-0.3, -0.25) is 4.72 Å². The van der Waals surface area contributed by atoms with E-state index >= 15 is 0 Å². The molecule has 0 aliphatic heterocycles. The molecule has 0 fully saturated rings. The van der Waals surface area contributed by atoms with Gasteiger partial charge in [-0.1, -0.05) is 40.9 Å². The quantitative estimate of drug-likeness (QED) is 0.906. The molecule has 0 saturated carbocycles. The highest BCUT2D eigenvalue weighted by Crippen LogP contribution is 2.37. The lowest BCUT2D eigenvalue weighted by Crippen LogP contribution is -2.13. The second-order valence-corrected chi connectivity index (χ2v) is 6.77. The lowest BCUT2D eigenvalue weighted by atomic mass is 10.2. The van der Waals surface area contributed by atoms with Gasteiger partial charge in [-0.15, -0.1) is 0 Å². The molecule has 0 saturated heterocycles. The molecule has 0 amide bonds. The van der Waals surface area contributed by atoms with Crippen molar-refractivity contribution in [1.82, 2.24) is 0 Å². The molecular weight excluding hydrogens is 333 g/mol. The van der Waals surface area contributed by atoms with E-state index in [-0.39, 0.29) is 14.9 Å². The minimum atomic E-state index is -3.83. The van der Waals surface area contributed by atoms with Crippen molar-refractivity contribution in [3.05, 3.63) is 52.0 Å². The van der Waals surface area contributed by atoms with Crippen molar-refractivity contribution in [1.29, 1.82) is 0 Å². The van der Waals surface area contributed by atoms with Crippen LogP contribution in [0, 0.1) is 6.92 Å². The number of halogens is 2. The first-order valence-corrected chi connectivity index (χ1v) is 8.20. The molecule has 0 aliphatic rings. The average molecular weight is 346 g/mol. The standard InChI is InChI=1S/C14H13Cl2NO3S/c1-9-3-5-10(6-4-9)17-21(18,19)12-8-7-11(20-2)13(15)14(12)16/h3-8,17H,1-2H3. The number of hydrogen-bond donors (Lipinski definition) is 1. The smallest absolute Gasteiger partial charge is 0.263 e. The van der Waals surface area contributed by atoms with E-state index in [4.69, 9.17) is 27.9 Å². The predicted octanol–water partition coefficient (Wildman–Crippen LogP) is 4.11. The van der Waals surface area contributed by atoms with E-state index in [1.54, 1.807) is 24.3 Å². The third-order valence-electron chi connectivity index (χ3n) is 2.82. The predicted molar refractivity (Wildman–Crippen MR) is 85.0 cm³/mol. The van der Waals surface area contributed by atoms with E-state index in [1.165, 1.54) is 19.2 Å². The number of sulfonamides is 1. The first-order valence-electron chi connectivity index (χ1n) is 5.96. The number of anilines is 1. The van der Waals surface area contributed by atoms with Crippen LogP contribution in [0.5, 0.6) is 5.75 Å². The summed E-state index contributed by atoms with van der Waals surface area (Å²) in [5.41, 5.74) is 1.48. The molecule has 2 aromatic rings. The highest BCUT2D eigenvalue weighted by atomic mass is 35.5. The summed E-state index contributed by atoms with van der Waals surface area (Å²) in [4.78, 5) is -0.101. The Bertz CT molecular complexity index is 759. The van der Waals surface area contributed by atoms with E-state index in [0.29, 0.717) is 11.4 Å². The number of benzene rings is 2. The maximum absolute atomic E-state index is 12.4. The van der Waals surface area contributed by atoms with Crippen molar-refractivity contribution in [3.8, 4) is 5.75 Å². The fourth-order valence-electron chi connectivity index (χ4n) is 1.71. The minimum Gasteiger partial charge on any atom is -0.495 e. The topological polar surface area (TPSA) is 55.4 Å². The average Bonchev–Trinajstić information content (AvgIpc) is 2.44. The summed E-state index contributed by atoms with van der Waals surface area (Å²) in [5.74, 6) is 0.316. The second-order valence-electron chi connectivity index (χ2n) is 4.37. The molecule has 2 rings (SSSR count). The van der Waals surface area contributed by atoms with Gasteiger partial charge in [-0.2, -0.15) is 0 Å². The van der Waals surface area contributed by atoms with Gasteiger partial charge in [0.15, 0.2) is 0 Å². The van der Waals surface area contributed by atoms with Gasteiger partial charge in [0.25, 0.3) is 10.0 Å². The molecule has 0 radical (unpaired) electrons. The Labute approximate surface area is 133 Å². The van der Waals surface area contributed by atoms with Crippen LogP contribution < -0.4 is 9.46 Å². The number of methoxy groups -OCH3 is 1. The van der Waals surface area contributed by atoms with Gasteiger partial charge in [-0.25, -0.2) is 8.42 Å². The van der Waals surface area contributed by atoms with Gasteiger partial charge < -0.3 is 4.74 Å². The highest BCUT2D eigenvalue weighted by Gasteiger charge is 2.21. The number of rotatable bonds is 4. The molecule has 0 aromatic heterocycles. The second kappa shape index (κ2) is 6.13. The molecule has 0 spiro atoms. The van der Waals surface area contributed by atoms with Crippen LogP contribution in [0.2, 0.25) is 10.0 Å². The van der Waals surface area contributed by atoms with Crippen LogP contribution in [0.25, 0.3) is 0 Å². The van der Waals surface area contributed by atoms with Gasteiger partial charge in [-0.05, 0) is 31.2 Å². The molecule has 112 valence electrons. The molecule has 0 unspecified atom stereocenters. The summed E-state index contributed by atoms with van der Waals surface area (Å²) < 4.78 is 32.2. The normalized spacial score (nSPS) is 11.2. The fraction of sp³-hybridized carbons (Fsp3) is 0.143. The Balaban J connectivity index is 2.40. The van der Waals surface area contributed by atoms with E-state index < -0.39 is 10.0 Å². The van der Waals surface area contributed by atoms with E-state index in [0.717, 1.165) is 5.56 Å². The van der Waals surface area contributed by atoms with Crippen molar-refractivity contribution < 1.29 is 13.2 Å². The highest BCUT2D eigenvalue weighted by molar-refractivity contribution is 7.92. The summed E-state index contributed by atoms with van der Waals surface area (Å²) in [6.45, 7) is 1.92. The maximum atomic E-state index is 12.4. The fourth-order valence-corrected chi connectivity index (χ4v) is 3.61. The van der Waals surface area contributed by atoms with Gasteiger partial charge in [0.2, 0.25) is 0 Å². The van der Waals surface area contributed by atoms with Crippen LogP contribution in [0.1, 0.15) is 5.56 Å². The molecule has 0 atom stereocenters. The molecule has 2 aromatic carbocycles. The number of ether oxygens (including phenoxy) is 1. The molecular formula is C14H13Cl2NO3S. The van der Waals surface area contributed by atoms with Crippen molar-refractivity contribution in [3.63, 3.8) is 0 Å². The Hall–Kier alpha value is -1.43. The molecule has 0 aliphatic carbocycles. The van der Waals surface area contributed by atoms with Crippen LogP contribution in [0.15, 0.2) is 41.3 Å². The summed E-state index contributed by atoms with van der Waals surface area (Å²) in [6.07, 6.45) is 0. The number of nitrogens with one attached hydrogen (secondary N) is 1. The van der Waals surface area contributed by atoms with Crippen molar-refractivity contribution in [2.45, 2.75) is 11.8 Å². The Morgan fingerprint density at radius 2 is 1.62 bits per heavy atom. The third kappa shape index (κ3) is 3.43. The van der Waals surface area contributed by atoms with Crippen LogP contribution in [0.4, 0.5) is 5.69 Å². The van der Waals surface area contributed by atoms with Gasteiger partial charge in [0.05, 0.1) is 12.1 Å². The SMILES string of the molecule is COc1ccc(S(=O)(=O)Nc2ccc(C)cc2)c(Cl)c1Cl. The zero-order chi connectivity index (χ0) is 15.6. The van der Waals surface area contributed by atoms with E-state index in [2.05, 4.69) is 4.72 Å². The monoisotopic (exact) mass is 345 g/mol. The first kappa shape index (κ1) is 15.9. The van der Waals surface area contributed by atoms with Crippen LogP contribution in [0.3, 0.4) is 0 Å². The number of aryl methyl sites for hydroxylation is 1. The van der Waals surface area contributed by atoms with E-state index in [9.17, 15) is 8.42 Å². The minimum absolute atomic E-state index is 0.0611. The van der Waals surface area contributed by atoms with Crippen LogP contribution >= 0.6 is 23.2 Å². The van der Waals surface area contributed by atoms with Gasteiger partial charge in [0, 0.05) is 5.69 Å². The van der Waals surface area contributed by atoms with Crippen molar-refractivity contribution >= 4 is 38.9 Å². The maximum Gasteiger partial charge on any atom is 0.263 e. The van der Waals surface area contributed by atoms with E-state index in [1.807, 2.05) is 6.92 Å². The number of hydrogen-bond acceptors (Lipinski definition) is 3. The van der Waals surface area contributed by atoms with Gasteiger partial charge >= 0.3 is 0 Å². The van der Waals surface area contributed by atoms with Crippen LogP contribution in [-0.2, 0) is 10.0 Å². The van der Waals surface area contributed by atoms with Crippen molar-refractivity contribution in [2.24, 2.45) is 0 Å². The zero-order valence-electron chi connectivity index (χ0n) is 11.4. The lowest BCUT2D eigenvalue weighted by Gasteiger charge is -2.12. The van der Waals surface area contributed by atoms with Crippen LogP contribution in [-0.4, -0.2) is 15.5 Å². The Kier molecular flexibility index (Phi) is 4.66. The molecule has 7 heteroatoms. The summed E-state index contributed by atoms with van der Waals surface area (Å²) in [6, 6.07) is 9.76. The Morgan fingerprint density at radius 1 is 1.00 bits per heavy atom. The first-order chi connectivity index (χ1) is 9.85. The zero-order valence-corrected chi connectivity index (χ0v) is 13.7. The molecule has 1 N–H and O–H groups in total. The molecule has 21 heavy (non-hydrogen) atoms. The summed E-state index contributed by atoms with van der Waals surface area (Å²) in [7, 11) is -2.40. The molecule has 4 nitrogen and oxygen atoms in total. The Morgan fingerprint density at radius 3 is 2.19 bits per heavy atom. The lowest BCUT2D eigenvalue weighted by molar-refractivity contribution is 0.414. The largest absolute Gasteiger partial charge is 0.495 e. The van der Waals surface area contributed by atoms with Gasteiger partial charge in [0.1, 0.15) is 15.7 Å².